The Bertz CT molecular complexity index is 1110. The molecule has 2 aromatic heterocycles. The van der Waals surface area contributed by atoms with Crippen molar-refractivity contribution in [1.29, 1.82) is 0 Å². The van der Waals surface area contributed by atoms with Crippen LogP contribution in [-0.4, -0.2) is 81.1 Å². The summed E-state index contributed by atoms with van der Waals surface area (Å²) in [6, 6.07) is 6.86. The molecule has 3 heterocycles. The average Bonchev–Trinajstić information content (AvgIpc) is 3.23. The SMILES string of the molecule is CCOC(=O)c1ccccc1NC(=O)CN1CCN(c2ncnc3c2nnn3CC)CC1. The van der Waals surface area contributed by atoms with Crippen molar-refractivity contribution in [3.8, 4) is 0 Å². The Balaban J connectivity index is 1.36. The molecular formula is C21H26N8O3. The fraction of sp³-hybridized carbons (Fsp3) is 0.429. The van der Waals surface area contributed by atoms with E-state index in [-0.39, 0.29) is 19.1 Å². The maximum Gasteiger partial charge on any atom is 0.340 e. The van der Waals surface area contributed by atoms with Crippen molar-refractivity contribution in [2.45, 2.75) is 20.4 Å². The van der Waals surface area contributed by atoms with Crippen LogP contribution in [0.1, 0.15) is 24.2 Å². The lowest BCUT2D eigenvalue weighted by Gasteiger charge is -2.34. The highest BCUT2D eigenvalue weighted by Gasteiger charge is 2.23. The van der Waals surface area contributed by atoms with Gasteiger partial charge in [-0.25, -0.2) is 19.4 Å². The van der Waals surface area contributed by atoms with E-state index in [1.807, 2.05) is 6.92 Å². The van der Waals surface area contributed by atoms with Crippen molar-refractivity contribution in [1.82, 2.24) is 29.9 Å². The number of para-hydroxylation sites is 1. The van der Waals surface area contributed by atoms with Crippen molar-refractivity contribution in [3.63, 3.8) is 0 Å². The maximum atomic E-state index is 12.6. The third kappa shape index (κ3) is 4.52. The van der Waals surface area contributed by atoms with Crippen molar-refractivity contribution in [2.75, 3.05) is 49.5 Å². The van der Waals surface area contributed by atoms with Crippen LogP contribution in [0.4, 0.5) is 11.5 Å². The van der Waals surface area contributed by atoms with E-state index in [1.165, 1.54) is 6.33 Å². The van der Waals surface area contributed by atoms with E-state index < -0.39 is 5.97 Å². The van der Waals surface area contributed by atoms with Gasteiger partial charge in [0.25, 0.3) is 0 Å². The van der Waals surface area contributed by atoms with Crippen LogP contribution in [0.5, 0.6) is 0 Å². The molecule has 32 heavy (non-hydrogen) atoms. The van der Waals surface area contributed by atoms with Gasteiger partial charge < -0.3 is 15.0 Å². The third-order valence-corrected chi connectivity index (χ3v) is 5.32. The highest BCUT2D eigenvalue weighted by Crippen LogP contribution is 2.22. The van der Waals surface area contributed by atoms with Crippen LogP contribution >= 0.6 is 0 Å². The van der Waals surface area contributed by atoms with Crippen molar-refractivity contribution >= 4 is 34.5 Å². The van der Waals surface area contributed by atoms with E-state index in [1.54, 1.807) is 35.9 Å². The van der Waals surface area contributed by atoms with Gasteiger partial charge in [-0.05, 0) is 26.0 Å². The predicted octanol–water partition coefficient (Wildman–Crippen LogP) is 1.18. The number of nitrogens with zero attached hydrogens (tertiary/aromatic N) is 7. The Kier molecular flexibility index (Phi) is 6.55. The topological polar surface area (TPSA) is 118 Å². The number of esters is 1. The maximum absolute atomic E-state index is 12.6. The van der Waals surface area contributed by atoms with Gasteiger partial charge in [-0.2, -0.15) is 0 Å². The quantitative estimate of drug-likeness (QED) is 0.542. The zero-order valence-electron chi connectivity index (χ0n) is 18.2. The Hall–Kier alpha value is -3.60. The molecule has 3 aromatic rings. The van der Waals surface area contributed by atoms with Gasteiger partial charge in [0.05, 0.1) is 24.4 Å². The number of nitrogens with one attached hydrogen (secondary N) is 1. The molecule has 0 bridgehead atoms. The van der Waals surface area contributed by atoms with Crippen molar-refractivity contribution in [2.24, 2.45) is 0 Å². The van der Waals surface area contributed by atoms with Crippen LogP contribution in [0.15, 0.2) is 30.6 Å². The van der Waals surface area contributed by atoms with Crippen LogP contribution in [-0.2, 0) is 16.1 Å². The zero-order valence-corrected chi connectivity index (χ0v) is 18.2. The van der Waals surface area contributed by atoms with Gasteiger partial charge in [0.15, 0.2) is 17.0 Å². The van der Waals surface area contributed by atoms with Gasteiger partial charge in [0, 0.05) is 32.7 Å². The van der Waals surface area contributed by atoms with Gasteiger partial charge in [0.1, 0.15) is 6.33 Å². The number of carbonyl (C=O) groups excluding carboxylic acids is 2. The predicted molar refractivity (Wildman–Crippen MR) is 118 cm³/mol. The van der Waals surface area contributed by atoms with Gasteiger partial charge >= 0.3 is 5.97 Å². The molecule has 0 atom stereocenters. The number of hydrogen-bond acceptors (Lipinski definition) is 9. The van der Waals surface area contributed by atoms with Crippen LogP contribution in [0.25, 0.3) is 11.2 Å². The lowest BCUT2D eigenvalue weighted by atomic mass is 10.2. The molecule has 0 spiro atoms. The summed E-state index contributed by atoms with van der Waals surface area (Å²) in [4.78, 5) is 37.7. The van der Waals surface area contributed by atoms with Crippen molar-refractivity contribution in [3.05, 3.63) is 36.2 Å². The lowest BCUT2D eigenvalue weighted by molar-refractivity contribution is -0.117. The summed E-state index contributed by atoms with van der Waals surface area (Å²) in [5, 5.41) is 11.2. The first kappa shape index (κ1) is 21.6. The highest BCUT2D eigenvalue weighted by molar-refractivity contribution is 6.01. The number of anilines is 2. The first-order chi connectivity index (χ1) is 15.6. The number of rotatable bonds is 7. The van der Waals surface area contributed by atoms with E-state index in [0.717, 1.165) is 11.5 Å². The van der Waals surface area contributed by atoms with E-state index in [0.29, 0.717) is 49.5 Å². The van der Waals surface area contributed by atoms with Crippen molar-refractivity contribution < 1.29 is 14.3 Å². The molecule has 4 rings (SSSR count). The Morgan fingerprint density at radius 3 is 2.62 bits per heavy atom. The van der Waals surface area contributed by atoms with E-state index >= 15 is 0 Å². The normalized spacial score (nSPS) is 14.5. The molecule has 168 valence electrons. The molecule has 11 heteroatoms. The number of benzene rings is 1. The molecule has 0 radical (unpaired) electrons. The first-order valence-corrected chi connectivity index (χ1v) is 10.7. The molecule has 0 unspecified atom stereocenters. The Labute approximate surface area is 185 Å². The number of carbonyl (C=O) groups is 2. The molecule has 11 nitrogen and oxygen atoms in total. The van der Waals surface area contributed by atoms with Crippen LogP contribution in [0.2, 0.25) is 0 Å². The van der Waals surface area contributed by atoms with Crippen LogP contribution in [0.3, 0.4) is 0 Å². The molecule has 1 fully saturated rings. The molecule has 1 N–H and O–H groups in total. The molecule has 1 aliphatic heterocycles. The Morgan fingerprint density at radius 1 is 1.09 bits per heavy atom. The lowest BCUT2D eigenvalue weighted by Crippen LogP contribution is -2.49. The monoisotopic (exact) mass is 438 g/mol. The zero-order chi connectivity index (χ0) is 22.5. The second-order valence-corrected chi connectivity index (χ2v) is 7.35. The van der Waals surface area contributed by atoms with E-state index in [2.05, 4.69) is 35.4 Å². The molecule has 1 aromatic carbocycles. The molecule has 0 aliphatic carbocycles. The second kappa shape index (κ2) is 9.69. The number of piperazine rings is 1. The van der Waals surface area contributed by atoms with Crippen LogP contribution < -0.4 is 10.2 Å². The van der Waals surface area contributed by atoms with E-state index in [9.17, 15) is 9.59 Å². The average molecular weight is 438 g/mol. The van der Waals surface area contributed by atoms with Crippen LogP contribution in [0, 0.1) is 0 Å². The summed E-state index contributed by atoms with van der Waals surface area (Å²) in [7, 11) is 0. The largest absolute Gasteiger partial charge is 0.462 e. The summed E-state index contributed by atoms with van der Waals surface area (Å²) in [5.41, 5.74) is 2.22. The summed E-state index contributed by atoms with van der Waals surface area (Å²) in [6.07, 6.45) is 1.54. The first-order valence-electron chi connectivity index (χ1n) is 10.7. The minimum Gasteiger partial charge on any atom is -0.462 e. The van der Waals surface area contributed by atoms with Gasteiger partial charge in [-0.3, -0.25) is 9.69 Å². The molecule has 1 amide bonds. The minimum atomic E-state index is -0.451. The number of aromatic nitrogens is 5. The molecule has 0 saturated carbocycles. The smallest absolute Gasteiger partial charge is 0.340 e. The van der Waals surface area contributed by atoms with E-state index in [4.69, 9.17) is 4.74 Å². The van der Waals surface area contributed by atoms with Gasteiger partial charge in [-0.1, -0.05) is 17.3 Å². The number of hydrogen-bond donors (Lipinski definition) is 1. The number of fused-ring (bicyclic) bond motifs is 1. The summed E-state index contributed by atoms with van der Waals surface area (Å²) < 4.78 is 6.81. The van der Waals surface area contributed by atoms with Gasteiger partial charge in [0.2, 0.25) is 5.91 Å². The summed E-state index contributed by atoms with van der Waals surface area (Å²) in [5.74, 6) is 0.140. The number of ether oxygens (including phenoxy) is 1. The summed E-state index contributed by atoms with van der Waals surface area (Å²) in [6.45, 7) is 7.74. The minimum absolute atomic E-state index is 0.175. The Morgan fingerprint density at radius 2 is 1.88 bits per heavy atom. The number of amides is 1. The number of aryl methyl sites for hydroxylation is 1. The molecular weight excluding hydrogens is 412 g/mol. The fourth-order valence-electron chi connectivity index (χ4n) is 3.71. The highest BCUT2D eigenvalue weighted by atomic mass is 16.5. The molecule has 1 saturated heterocycles. The summed E-state index contributed by atoms with van der Waals surface area (Å²) >= 11 is 0. The second-order valence-electron chi connectivity index (χ2n) is 7.35. The standard InChI is InChI=1S/C21H26N8O3/c1-3-29-20-18(25-26-29)19(22-14-23-20)28-11-9-27(10-12-28)13-17(30)24-16-8-6-5-7-15(16)21(31)32-4-2/h5-8,14H,3-4,9-13H2,1-2H3,(H,24,30). The van der Waals surface area contributed by atoms with Gasteiger partial charge in [-0.15, -0.1) is 5.10 Å². The fourth-order valence-corrected chi connectivity index (χ4v) is 3.71. The molecule has 1 aliphatic rings. The third-order valence-electron chi connectivity index (χ3n) is 5.32.